The summed E-state index contributed by atoms with van der Waals surface area (Å²) in [4.78, 5) is 2.02. The number of hydrogen-bond donors (Lipinski definition) is 1. The predicted octanol–water partition coefficient (Wildman–Crippen LogP) is -0.315. The first-order valence-corrected chi connectivity index (χ1v) is 3.23. The van der Waals surface area contributed by atoms with Crippen molar-refractivity contribution in [3.63, 3.8) is 0 Å². The molecular weight excluding hydrogens is 156 g/mol. The summed E-state index contributed by atoms with van der Waals surface area (Å²) in [5.74, 6) is 0. The third-order valence-corrected chi connectivity index (χ3v) is 1.39. The summed E-state index contributed by atoms with van der Waals surface area (Å²) in [7, 11) is 3.99. The fourth-order valence-corrected chi connectivity index (χ4v) is 0.803. The fraction of sp³-hybridized carbons (Fsp3) is 0.250. The van der Waals surface area contributed by atoms with Crippen molar-refractivity contribution in [1.29, 1.82) is 0 Å². The van der Waals surface area contributed by atoms with Crippen LogP contribution < -0.4 is 10.6 Å². The van der Waals surface area contributed by atoms with Crippen LogP contribution in [0.3, 0.4) is 0 Å². The van der Waals surface area contributed by atoms with Gasteiger partial charge in [0.25, 0.3) is 0 Å². The maximum atomic E-state index is 5.57. The highest BCUT2D eigenvalue weighted by Crippen LogP contribution is 2.13. The van der Waals surface area contributed by atoms with Gasteiger partial charge in [-0.1, -0.05) is 6.07 Å². The molecule has 0 radical (unpaired) electrons. The summed E-state index contributed by atoms with van der Waals surface area (Å²) in [6.45, 7) is 0. The Hall–Kier alpha value is -1.26. The highest BCUT2D eigenvalue weighted by molar-refractivity contribution is 5.54. The maximum absolute atomic E-state index is 5.57. The molecule has 0 atom stereocenters. The Morgan fingerprint density at radius 1 is 1.17 bits per heavy atom. The van der Waals surface area contributed by atoms with Gasteiger partial charge in [-0.25, -0.2) is 0 Å². The van der Waals surface area contributed by atoms with Crippen molar-refractivity contribution >= 4 is 11.4 Å². The smallest absolute Gasteiger partial charge is 0.0381 e. The molecule has 0 aliphatic carbocycles. The third-order valence-electron chi connectivity index (χ3n) is 1.39. The Morgan fingerprint density at radius 3 is 2.08 bits per heavy atom. The predicted molar refractivity (Wildman–Crippen MR) is 52.4 cm³/mol. The normalized spacial score (nSPS) is 7.83. The molecule has 0 unspecified atom stereocenters. The van der Waals surface area contributed by atoms with E-state index in [1.54, 1.807) is 0 Å². The Bertz CT molecular complexity index is 226. The fourth-order valence-electron chi connectivity index (χ4n) is 0.803. The number of rotatable bonds is 1. The summed E-state index contributed by atoms with van der Waals surface area (Å²) in [6.07, 6.45) is 0. The zero-order valence-electron chi connectivity index (χ0n) is 7.33. The van der Waals surface area contributed by atoms with Crippen LogP contribution in [0.1, 0.15) is 0 Å². The molecule has 0 aromatic heterocycles. The lowest BCUT2D eigenvalue weighted by molar-refractivity contribution is 0.823. The van der Waals surface area contributed by atoms with E-state index >= 15 is 0 Å². The zero-order valence-corrected chi connectivity index (χ0v) is 7.33. The van der Waals surface area contributed by atoms with Gasteiger partial charge >= 0.3 is 0 Å². The van der Waals surface area contributed by atoms with Crippen LogP contribution in [0.25, 0.3) is 0 Å². The van der Waals surface area contributed by atoms with Gasteiger partial charge in [0.1, 0.15) is 0 Å². The van der Waals surface area contributed by atoms with Crippen molar-refractivity contribution in [1.82, 2.24) is 0 Å². The van der Waals surface area contributed by atoms with E-state index in [9.17, 15) is 0 Å². The van der Waals surface area contributed by atoms with Gasteiger partial charge in [-0.2, -0.15) is 0 Å². The third kappa shape index (κ3) is 3.23. The first-order chi connectivity index (χ1) is 4.70. The Labute approximate surface area is 72.2 Å². The first-order valence-electron chi connectivity index (χ1n) is 3.23. The Balaban J connectivity index is 0. The van der Waals surface area contributed by atoms with Crippen molar-refractivity contribution in [2.24, 2.45) is 0 Å². The van der Waals surface area contributed by atoms with E-state index in [1.807, 2.05) is 43.3 Å². The molecule has 0 fully saturated rings. The van der Waals surface area contributed by atoms with Gasteiger partial charge in [0.15, 0.2) is 0 Å². The monoisotopic (exact) mass is 172 g/mol. The van der Waals surface area contributed by atoms with E-state index in [4.69, 9.17) is 5.73 Å². The number of benzene rings is 1. The van der Waals surface area contributed by atoms with E-state index in [1.165, 1.54) is 0 Å². The van der Waals surface area contributed by atoms with E-state index in [-0.39, 0.29) is 11.0 Å². The highest BCUT2D eigenvalue weighted by atomic mass is 16.0. The Morgan fingerprint density at radius 2 is 1.75 bits per heavy atom. The molecular formula is C8H16N2O2. The van der Waals surface area contributed by atoms with Gasteiger partial charge in [0, 0.05) is 25.5 Å². The summed E-state index contributed by atoms with van der Waals surface area (Å²) in [5.41, 5.74) is 7.52. The molecule has 0 amide bonds. The van der Waals surface area contributed by atoms with Gasteiger partial charge < -0.3 is 21.6 Å². The second-order valence-electron chi connectivity index (χ2n) is 2.49. The molecule has 0 aliphatic heterocycles. The number of nitrogens with zero attached hydrogens (tertiary/aromatic N) is 1. The zero-order chi connectivity index (χ0) is 7.56. The standard InChI is InChI=1S/C8H12N2.2H2O/c1-10(2)8-5-3-4-7(9)6-8;;/h3-6H,9H2,1-2H3;2*1H2. The lowest BCUT2D eigenvalue weighted by Gasteiger charge is -2.11. The van der Waals surface area contributed by atoms with Gasteiger partial charge in [-0.05, 0) is 18.2 Å². The van der Waals surface area contributed by atoms with Crippen LogP contribution in [0.2, 0.25) is 0 Å². The quantitative estimate of drug-likeness (QED) is 0.588. The maximum Gasteiger partial charge on any atom is 0.0381 e. The van der Waals surface area contributed by atoms with E-state index < -0.39 is 0 Å². The minimum Gasteiger partial charge on any atom is -0.412 e. The molecule has 1 aromatic rings. The molecule has 1 aromatic carbocycles. The SMILES string of the molecule is CN(C)c1cccc(N)c1.O.O. The van der Waals surface area contributed by atoms with E-state index in [0.29, 0.717) is 0 Å². The van der Waals surface area contributed by atoms with Crippen LogP contribution in [0, 0.1) is 0 Å². The topological polar surface area (TPSA) is 92.3 Å². The summed E-state index contributed by atoms with van der Waals surface area (Å²) in [6, 6.07) is 7.80. The van der Waals surface area contributed by atoms with Gasteiger partial charge in [0.05, 0.1) is 0 Å². The van der Waals surface area contributed by atoms with Crippen molar-refractivity contribution in [3.05, 3.63) is 24.3 Å². The molecule has 0 bridgehead atoms. The van der Waals surface area contributed by atoms with Crippen LogP contribution in [0.5, 0.6) is 0 Å². The number of nitrogens with two attached hydrogens (primary N) is 1. The molecule has 4 heteroatoms. The lowest BCUT2D eigenvalue weighted by atomic mass is 10.3. The minimum atomic E-state index is 0. The number of hydrogen-bond acceptors (Lipinski definition) is 2. The van der Waals surface area contributed by atoms with Crippen molar-refractivity contribution in [2.45, 2.75) is 0 Å². The molecule has 0 saturated heterocycles. The van der Waals surface area contributed by atoms with Gasteiger partial charge in [-0.15, -0.1) is 0 Å². The average molecular weight is 172 g/mol. The van der Waals surface area contributed by atoms with Crippen molar-refractivity contribution in [3.8, 4) is 0 Å². The molecule has 0 saturated carbocycles. The van der Waals surface area contributed by atoms with Crippen LogP contribution in [-0.4, -0.2) is 25.0 Å². The average Bonchev–Trinajstić information content (AvgIpc) is 1.88. The second-order valence-corrected chi connectivity index (χ2v) is 2.49. The van der Waals surface area contributed by atoms with Crippen LogP contribution in [-0.2, 0) is 0 Å². The highest BCUT2D eigenvalue weighted by Gasteiger charge is 1.92. The van der Waals surface area contributed by atoms with Crippen LogP contribution in [0.15, 0.2) is 24.3 Å². The molecule has 70 valence electrons. The molecule has 12 heavy (non-hydrogen) atoms. The van der Waals surface area contributed by atoms with Crippen molar-refractivity contribution < 1.29 is 11.0 Å². The number of anilines is 2. The molecule has 0 aliphatic rings. The summed E-state index contributed by atoms with van der Waals surface area (Å²) in [5, 5.41) is 0. The second kappa shape index (κ2) is 5.40. The van der Waals surface area contributed by atoms with Crippen molar-refractivity contribution in [2.75, 3.05) is 24.7 Å². The van der Waals surface area contributed by atoms with Gasteiger partial charge in [0.2, 0.25) is 0 Å². The number of nitrogen functional groups attached to an aromatic ring is 1. The molecule has 4 nitrogen and oxygen atoms in total. The van der Waals surface area contributed by atoms with E-state index in [0.717, 1.165) is 11.4 Å². The van der Waals surface area contributed by atoms with Crippen LogP contribution >= 0.6 is 0 Å². The molecule has 6 N–H and O–H groups in total. The molecule has 0 heterocycles. The first kappa shape index (κ1) is 13.3. The molecule has 1 rings (SSSR count). The minimum absolute atomic E-state index is 0. The molecule has 0 spiro atoms. The largest absolute Gasteiger partial charge is 0.412 e. The van der Waals surface area contributed by atoms with Crippen LogP contribution in [0.4, 0.5) is 11.4 Å². The Kier molecular flexibility index (Phi) is 6.00. The van der Waals surface area contributed by atoms with Gasteiger partial charge in [-0.3, -0.25) is 0 Å². The lowest BCUT2D eigenvalue weighted by Crippen LogP contribution is -2.08. The summed E-state index contributed by atoms with van der Waals surface area (Å²) < 4.78 is 0. The summed E-state index contributed by atoms with van der Waals surface area (Å²) >= 11 is 0. The van der Waals surface area contributed by atoms with E-state index in [2.05, 4.69) is 0 Å².